The molecule has 106 valence electrons. The van der Waals surface area contributed by atoms with Gasteiger partial charge in [0.15, 0.2) is 0 Å². The molecule has 0 atom stereocenters. The molecule has 19 heavy (non-hydrogen) atoms. The lowest BCUT2D eigenvalue weighted by Gasteiger charge is -2.20. The van der Waals surface area contributed by atoms with Gasteiger partial charge < -0.3 is 5.32 Å². The summed E-state index contributed by atoms with van der Waals surface area (Å²) in [7, 11) is 0. The number of carbonyl (C=O) groups is 1. The highest BCUT2D eigenvalue weighted by Gasteiger charge is 2.31. The molecule has 0 aliphatic heterocycles. The highest BCUT2D eigenvalue weighted by Crippen LogP contribution is 2.32. The average Bonchev–Trinajstić information content (AvgIpc) is 2.26. The molecule has 1 rings (SSSR count). The normalized spacial score (nSPS) is 11.6. The van der Waals surface area contributed by atoms with Crippen molar-refractivity contribution < 1.29 is 23.2 Å². The molecule has 0 saturated carbocycles. The van der Waals surface area contributed by atoms with E-state index in [1.807, 2.05) is 0 Å². The van der Waals surface area contributed by atoms with E-state index in [4.69, 9.17) is 0 Å². The summed E-state index contributed by atoms with van der Waals surface area (Å²) < 4.78 is 37.7. The Morgan fingerprint density at radius 2 is 1.95 bits per heavy atom. The SMILES string of the molecule is Cc1ccc(C(F)(F)F)cc1N(O)C(=O)NC(C)C. The van der Waals surface area contributed by atoms with E-state index in [1.54, 1.807) is 13.8 Å². The molecular weight excluding hydrogens is 261 g/mol. The minimum absolute atomic E-state index is 0.185. The number of hydroxylamine groups is 1. The van der Waals surface area contributed by atoms with Crippen LogP contribution in [0.1, 0.15) is 25.0 Å². The van der Waals surface area contributed by atoms with Crippen molar-refractivity contribution in [3.05, 3.63) is 29.3 Å². The predicted molar refractivity (Wildman–Crippen MR) is 64.1 cm³/mol. The van der Waals surface area contributed by atoms with Crippen molar-refractivity contribution in [1.82, 2.24) is 5.32 Å². The van der Waals surface area contributed by atoms with Crippen LogP contribution in [0.3, 0.4) is 0 Å². The summed E-state index contributed by atoms with van der Waals surface area (Å²) in [5, 5.41) is 12.2. The minimum atomic E-state index is -4.53. The number of aryl methyl sites for hydroxylation is 1. The molecule has 0 fully saturated rings. The van der Waals surface area contributed by atoms with Gasteiger partial charge in [-0.25, -0.2) is 4.79 Å². The summed E-state index contributed by atoms with van der Waals surface area (Å²) in [5.41, 5.74) is -0.771. The molecule has 0 saturated heterocycles. The molecule has 0 spiro atoms. The summed E-state index contributed by atoms with van der Waals surface area (Å²) in [4.78, 5) is 11.6. The Hall–Kier alpha value is -1.76. The zero-order valence-electron chi connectivity index (χ0n) is 10.7. The Bertz CT molecular complexity index is 473. The van der Waals surface area contributed by atoms with Gasteiger partial charge in [0, 0.05) is 6.04 Å². The highest BCUT2D eigenvalue weighted by atomic mass is 19.4. The van der Waals surface area contributed by atoms with Crippen LogP contribution in [0.25, 0.3) is 0 Å². The first-order valence-electron chi connectivity index (χ1n) is 5.60. The van der Waals surface area contributed by atoms with E-state index in [0.717, 1.165) is 12.1 Å². The minimum Gasteiger partial charge on any atom is -0.334 e. The Morgan fingerprint density at radius 1 is 1.37 bits per heavy atom. The lowest BCUT2D eigenvalue weighted by Crippen LogP contribution is -2.41. The number of halogens is 3. The van der Waals surface area contributed by atoms with E-state index in [9.17, 15) is 23.2 Å². The van der Waals surface area contributed by atoms with E-state index in [1.165, 1.54) is 13.0 Å². The lowest BCUT2D eigenvalue weighted by molar-refractivity contribution is -0.137. The fourth-order valence-electron chi connectivity index (χ4n) is 1.43. The first-order chi connectivity index (χ1) is 8.62. The molecule has 0 aromatic heterocycles. The Kier molecular flexibility index (Phi) is 4.41. The molecule has 0 aliphatic rings. The summed E-state index contributed by atoms with van der Waals surface area (Å²) in [6.45, 7) is 4.84. The van der Waals surface area contributed by atoms with Crippen LogP contribution in [0.4, 0.5) is 23.7 Å². The van der Waals surface area contributed by atoms with E-state index < -0.39 is 17.8 Å². The summed E-state index contributed by atoms with van der Waals surface area (Å²) in [5.74, 6) is 0. The fourth-order valence-corrected chi connectivity index (χ4v) is 1.43. The molecule has 2 N–H and O–H groups in total. The fraction of sp³-hybridized carbons (Fsp3) is 0.417. The number of nitrogens with one attached hydrogen (secondary N) is 1. The molecule has 4 nitrogen and oxygen atoms in total. The maximum absolute atomic E-state index is 12.6. The van der Waals surface area contributed by atoms with Crippen molar-refractivity contribution in [1.29, 1.82) is 0 Å². The monoisotopic (exact) mass is 276 g/mol. The number of urea groups is 1. The molecule has 0 bridgehead atoms. The third-order valence-corrected chi connectivity index (χ3v) is 2.37. The quantitative estimate of drug-likeness (QED) is 0.643. The third kappa shape index (κ3) is 3.85. The van der Waals surface area contributed by atoms with Gasteiger partial charge in [-0.05, 0) is 38.5 Å². The van der Waals surface area contributed by atoms with Crippen LogP contribution < -0.4 is 10.4 Å². The second-order valence-electron chi connectivity index (χ2n) is 4.42. The molecule has 7 heteroatoms. The number of anilines is 1. The van der Waals surface area contributed by atoms with Crippen molar-refractivity contribution >= 4 is 11.7 Å². The zero-order chi connectivity index (χ0) is 14.8. The molecule has 2 amide bonds. The van der Waals surface area contributed by atoms with Crippen LogP contribution in [-0.2, 0) is 6.18 Å². The number of hydrogen-bond donors (Lipinski definition) is 2. The Morgan fingerprint density at radius 3 is 2.42 bits per heavy atom. The van der Waals surface area contributed by atoms with E-state index in [2.05, 4.69) is 5.32 Å². The molecule has 0 aliphatic carbocycles. The highest BCUT2D eigenvalue weighted by molar-refractivity contribution is 5.90. The van der Waals surface area contributed by atoms with Gasteiger partial charge in [0.2, 0.25) is 0 Å². The van der Waals surface area contributed by atoms with E-state index in [0.29, 0.717) is 5.56 Å². The van der Waals surface area contributed by atoms with Crippen molar-refractivity contribution in [2.24, 2.45) is 0 Å². The summed E-state index contributed by atoms with van der Waals surface area (Å²) >= 11 is 0. The Labute approximate surface area is 108 Å². The van der Waals surface area contributed by atoms with Gasteiger partial charge in [0.25, 0.3) is 0 Å². The van der Waals surface area contributed by atoms with Gasteiger partial charge in [-0.1, -0.05) is 6.07 Å². The third-order valence-electron chi connectivity index (χ3n) is 2.37. The largest absolute Gasteiger partial charge is 0.416 e. The molecule has 0 unspecified atom stereocenters. The number of alkyl halides is 3. The lowest BCUT2D eigenvalue weighted by atomic mass is 10.1. The van der Waals surface area contributed by atoms with Crippen LogP contribution in [0, 0.1) is 6.92 Å². The van der Waals surface area contributed by atoms with Crippen molar-refractivity contribution in [3.63, 3.8) is 0 Å². The van der Waals surface area contributed by atoms with Crippen LogP contribution in [0.5, 0.6) is 0 Å². The first-order valence-corrected chi connectivity index (χ1v) is 5.60. The number of nitrogens with zero attached hydrogens (tertiary/aromatic N) is 1. The number of amides is 2. The second-order valence-corrected chi connectivity index (χ2v) is 4.42. The smallest absolute Gasteiger partial charge is 0.334 e. The van der Waals surface area contributed by atoms with Crippen molar-refractivity contribution in [3.8, 4) is 0 Å². The Balaban J connectivity index is 3.09. The molecule has 1 aromatic rings. The topological polar surface area (TPSA) is 52.6 Å². The van der Waals surface area contributed by atoms with Crippen LogP contribution in [0.15, 0.2) is 18.2 Å². The van der Waals surface area contributed by atoms with E-state index >= 15 is 0 Å². The zero-order valence-corrected chi connectivity index (χ0v) is 10.7. The molecule has 0 heterocycles. The number of carbonyl (C=O) groups excluding carboxylic acids is 1. The maximum atomic E-state index is 12.6. The standard InChI is InChI=1S/C12H15F3N2O2/c1-7(2)16-11(18)17(19)10-6-9(12(13,14)15)5-4-8(10)3/h4-7,19H,1-3H3,(H,16,18). The maximum Gasteiger partial charge on any atom is 0.416 e. The van der Waals surface area contributed by atoms with E-state index in [-0.39, 0.29) is 16.8 Å². The molecule has 0 radical (unpaired) electrons. The average molecular weight is 276 g/mol. The van der Waals surface area contributed by atoms with Gasteiger partial charge in [0.1, 0.15) is 0 Å². The van der Waals surface area contributed by atoms with Gasteiger partial charge in [-0.15, -0.1) is 0 Å². The van der Waals surface area contributed by atoms with Gasteiger partial charge in [-0.3, -0.25) is 5.21 Å². The van der Waals surface area contributed by atoms with Crippen LogP contribution in [-0.4, -0.2) is 17.3 Å². The predicted octanol–water partition coefficient (Wildman–Crippen LogP) is 3.33. The molecular formula is C12H15F3N2O2. The summed E-state index contributed by atoms with van der Waals surface area (Å²) in [6.07, 6.45) is -4.53. The van der Waals surface area contributed by atoms with Crippen LogP contribution in [0.2, 0.25) is 0 Å². The first kappa shape index (κ1) is 15.3. The van der Waals surface area contributed by atoms with Crippen molar-refractivity contribution in [2.75, 3.05) is 5.06 Å². The number of benzene rings is 1. The van der Waals surface area contributed by atoms with Gasteiger partial charge in [-0.2, -0.15) is 18.2 Å². The second kappa shape index (κ2) is 5.48. The van der Waals surface area contributed by atoms with Gasteiger partial charge >= 0.3 is 12.2 Å². The van der Waals surface area contributed by atoms with Gasteiger partial charge in [0.05, 0.1) is 11.3 Å². The van der Waals surface area contributed by atoms with Crippen LogP contribution >= 0.6 is 0 Å². The number of hydrogen-bond acceptors (Lipinski definition) is 2. The van der Waals surface area contributed by atoms with Crippen molar-refractivity contribution in [2.45, 2.75) is 33.0 Å². The summed E-state index contributed by atoms with van der Waals surface area (Å²) in [6, 6.07) is 1.71. The molecule has 1 aromatic carbocycles. The number of rotatable bonds is 2.